The van der Waals surface area contributed by atoms with Gasteiger partial charge in [-0.2, -0.15) is 0 Å². The number of nitrogens with zero attached hydrogens (tertiary/aromatic N) is 2. The molecule has 0 aromatic carbocycles. The lowest BCUT2D eigenvalue weighted by Crippen LogP contribution is -2.20. The molecule has 0 saturated carbocycles. The Kier molecular flexibility index (Phi) is 3.09. The van der Waals surface area contributed by atoms with Crippen molar-refractivity contribution >= 4 is 11.0 Å². The molecule has 0 aliphatic rings. The van der Waals surface area contributed by atoms with Crippen molar-refractivity contribution in [2.45, 2.75) is 26.8 Å². The molecular weight excluding hydrogens is 212 g/mol. The van der Waals surface area contributed by atoms with Crippen LogP contribution in [0.4, 0.5) is 0 Å². The molecule has 2 aromatic heterocycles. The van der Waals surface area contributed by atoms with Crippen LogP contribution in [0.5, 0.6) is 0 Å². The Balaban J connectivity index is 2.73. The van der Waals surface area contributed by atoms with Gasteiger partial charge in [-0.05, 0) is 37.5 Å². The summed E-state index contributed by atoms with van der Waals surface area (Å²) in [6.45, 7) is 8.40. The number of aryl methyl sites for hydroxylation is 3. The van der Waals surface area contributed by atoms with Gasteiger partial charge in [-0.1, -0.05) is 6.08 Å². The maximum absolute atomic E-state index is 11.8. The SMILES string of the molecule is C=CCCn1c(=O)ccc2c(C)c(C)cnc21. The third-order valence-corrected chi connectivity index (χ3v) is 3.09. The fourth-order valence-electron chi connectivity index (χ4n) is 1.90. The number of rotatable bonds is 3. The Morgan fingerprint density at radius 3 is 2.88 bits per heavy atom. The molecule has 2 rings (SSSR count). The molecule has 3 heteroatoms. The Morgan fingerprint density at radius 1 is 1.41 bits per heavy atom. The van der Waals surface area contributed by atoms with Crippen LogP contribution in [0.2, 0.25) is 0 Å². The third kappa shape index (κ3) is 2.00. The molecule has 0 N–H and O–H groups in total. The van der Waals surface area contributed by atoms with Crippen LogP contribution in [0.25, 0.3) is 11.0 Å². The molecule has 88 valence electrons. The average molecular weight is 228 g/mol. The monoisotopic (exact) mass is 228 g/mol. The lowest BCUT2D eigenvalue weighted by atomic mass is 10.1. The predicted octanol–water partition coefficient (Wildman–Crippen LogP) is 2.59. The molecule has 0 unspecified atom stereocenters. The topological polar surface area (TPSA) is 34.9 Å². The second kappa shape index (κ2) is 4.53. The summed E-state index contributed by atoms with van der Waals surface area (Å²) >= 11 is 0. The number of fused-ring (bicyclic) bond motifs is 1. The molecule has 0 aliphatic heterocycles. The summed E-state index contributed by atoms with van der Waals surface area (Å²) in [5.41, 5.74) is 3.09. The van der Waals surface area contributed by atoms with Crippen molar-refractivity contribution in [2.24, 2.45) is 0 Å². The van der Waals surface area contributed by atoms with E-state index in [4.69, 9.17) is 0 Å². The lowest BCUT2D eigenvalue weighted by Gasteiger charge is -2.10. The number of pyridine rings is 2. The van der Waals surface area contributed by atoms with E-state index in [1.54, 1.807) is 10.6 Å². The van der Waals surface area contributed by atoms with Gasteiger partial charge in [-0.25, -0.2) is 4.98 Å². The third-order valence-electron chi connectivity index (χ3n) is 3.09. The number of hydrogen-bond donors (Lipinski definition) is 0. The summed E-state index contributed by atoms with van der Waals surface area (Å²) in [7, 11) is 0. The van der Waals surface area contributed by atoms with Crippen molar-refractivity contribution in [1.82, 2.24) is 9.55 Å². The van der Waals surface area contributed by atoms with Gasteiger partial charge in [0.25, 0.3) is 5.56 Å². The Morgan fingerprint density at radius 2 is 2.18 bits per heavy atom. The fraction of sp³-hybridized carbons (Fsp3) is 0.286. The molecule has 0 atom stereocenters. The van der Waals surface area contributed by atoms with Crippen LogP contribution in [-0.2, 0) is 6.54 Å². The summed E-state index contributed by atoms with van der Waals surface area (Å²) in [4.78, 5) is 16.2. The van der Waals surface area contributed by atoms with Crippen molar-refractivity contribution in [2.75, 3.05) is 0 Å². The molecule has 0 amide bonds. The minimum atomic E-state index is -0.00453. The highest BCUT2D eigenvalue weighted by Gasteiger charge is 2.07. The van der Waals surface area contributed by atoms with Crippen LogP contribution in [0.3, 0.4) is 0 Å². The molecular formula is C14H16N2O. The normalized spacial score (nSPS) is 10.7. The Labute approximate surface area is 100 Å². The van der Waals surface area contributed by atoms with Gasteiger partial charge in [0, 0.05) is 24.2 Å². The highest BCUT2D eigenvalue weighted by molar-refractivity contribution is 5.79. The number of hydrogen-bond acceptors (Lipinski definition) is 2. The number of aromatic nitrogens is 2. The first-order valence-electron chi connectivity index (χ1n) is 5.72. The zero-order valence-corrected chi connectivity index (χ0v) is 10.2. The standard InChI is InChI=1S/C14H16N2O/c1-4-5-8-16-13(17)7-6-12-11(3)10(2)9-15-14(12)16/h4,6-7,9H,1,5,8H2,2-3H3. The largest absolute Gasteiger partial charge is 0.292 e. The zero-order chi connectivity index (χ0) is 12.4. The van der Waals surface area contributed by atoms with Crippen molar-refractivity contribution in [3.8, 4) is 0 Å². The molecule has 0 fully saturated rings. The van der Waals surface area contributed by atoms with Gasteiger partial charge in [0.1, 0.15) is 5.65 Å². The van der Waals surface area contributed by atoms with Gasteiger partial charge < -0.3 is 0 Å². The highest BCUT2D eigenvalue weighted by Crippen LogP contribution is 2.17. The Bertz CT molecular complexity index is 626. The molecule has 0 radical (unpaired) electrons. The van der Waals surface area contributed by atoms with Crippen LogP contribution >= 0.6 is 0 Å². The van der Waals surface area contributed by atoms with E-state index >= 15 is 0 Å². The second-order valence-electron chi connectivity index (χ2n) is 4.20. The smallest absolute Gasteiger partial charge is 0.252 e. The molecule has 17 heavy (non-hydrogen) atoms. The minimum Gasteiger partial charge on any atom is -0.292 e. The first-order chi connectivity index (χ1) is 8.15. The van der Waals surface area contributed by atoms with Crippen LogP contribution in [0.1, 0.15) is 17.5 Å². The molecule has 0 aliphatic carbocycles. The van der Waals surface area contributed by atoms with Crippen LogP contribution in [-0.4, -0.2) is 9.55 Å². The van der Waals surface area contributed by atoms with Crippen LogP contribution < -0.4 is 5.56 Å². The van der Waals surface area contributed by atoms with Gasteiger partial charge in [0.2, 0.25) is 0 Å². The van der Waals surface area contributed by atoms with E-state index in [2.05, 4.69) is 18.5 Å². The zero-order valence-electron chi connectivity index (χ0n) is 10.2. The molecule has 2 aromatic rings. The maximum Gasteiger partial charge on any atom is 0.252 e. The van der Waals surface area contributed by atoms with Gasteiger partial charge in [0.05, 0.1) is 0 Å². The summed E-state index contributed by atoms with van der Waals surface area (Å²) in [5.74, 6) is 0. The van der Waals surface area contributed by atoms with Crippen molar-refractivity contribution in [1.29, 1.82) is 0 Å². The van der Waals surface area contributed by atoms with E-state index in [0.717, 1.165) is 23.0 Å². The first-order valence-corrected chi connectivity index (χ1v) is 5.72. The van der Waals surface area contributed by atoms with Crippen molar-refractivity contribution in [3.63, 3.8) is 0 Å². The van der Waals surface area contributed by atoms with Crippen molar-refractivity contribution < 1.29 is 0 Å². The summed E-state index contributed by atoms with van der Waals surface area (Å²) < 4.78 is 1.71. The van der Waals surface area contributed by atoms with E-state index in [9.17, 15) is 4.79 Å². The predicted molar refractivity (Wildman–Crippen MR) is 70.3 cm³/mol. The van der Waals surface area contributed by atoms with Crippen molar-refractivity contribution in [3.05, 3.63) is 52.5 Å². The van der Waals surface area contributed by atoms with E-state index in [1.807, 2.05) is 25.3 Å². The minimum absolute atomic E-state index is 0.00453. The maximum atomic E-state index is 11.8. The molecule has 2 heterocycles. The van der Waals surface area contributed by atoms with Gasteiger partial charge in [0.15, 0.2) is 0 Å². The number of allylic oxidation sites excluding steroid dienone is 1. The van der Waals surface area contributed by atoms with Gasteiger partial charge in [-0.15, -0.1) is 6.58 Å². The fourth-order valence-corrected chi connectivity index (χ4v) is 1.90. The van der Waals surface area contributed by atoms with Crippen LogP contribution in [0, 0.1) is 13.8 Å². The summed E-state index contributed by atoms with van der Waals surface area (Å²) in [6.07, 6.45) is 4.40. The summed E-state index contributed by atoms with van der Waals surface area (Å²) in [6, 6.07) is 3.47. The van der Waals surface area contributed by atoms with E-state index in [0.29, 0.717) is 6.54 Å². The Hall–Kier alpha value is -1.90. The molecule has 0 bridgehead atoms. The van der Waals surface area contributed by atoms with Crippen LogP contribution in [0.15, 0.2) is 35.8 Å². The van der Waals surface area contributed by atoms with Gasteiger partial charge >= 0.3 is 0 Å². The van der Waals surface area contributed by atoms with E-state index in [1.165, 1.54) is 5.56 Å². The van der Waals surface area contributed by atoms with E-state index < -0.39 is 0 Å². The second-order valence-corrected chi connectivity index (χ2v) is 4.20. The first kappa shape index (κ1) is 11.6. The van der Waals surface area contributed by atoms with E-state index in [-0.39, 0.29) is 5.56 Å². The average Bonchev–Trinajstić information content (AvgIpc) is 2.32. The lowest BCUT2D eigenvalue weighted by molar-refractivity contribution is 0.701. The summed E-state index contributed by atoms with van der Waals surface area (Å²) in [5, 5.41) is 1.05. The molecule has 0 spiro atoms. The highest BCUT2D eigenvalue weighted by atomic mass is 16.1. The molecule has 0 saturated heterocycles. The van der Waals surface area contributed by atoms with Gasteiger partial charge in [-0.3, -0.25) is 9.36 Å². The molecule has 3 nitrogen and oxygen atoms in total. The quantitative estimate of drug-likeness (QED) is 0.757.